The number of ether oxygens (including phenoxy) is 3. The first kappa shape index (κ1) is 26.0. The van der Waals surface area contributed by atoms with Crippen LogP contribution in [0.5, 0.6) is 11.5 Å². The molecule has 2 heterocycles. The molecule has 1 aromatic carbocycles. The molecule has 6 aliphatic rings. The van der Waals surface area contributed by atoms with Gasteiger partial charge in [0.1, 0.15) is 11.7 Å². The molecule has 5 fully saturated rings. The molecule has 5 nitrogen and oxygen atoms in total. The van der Waals surface area contributed by atoms with Gasteiger partial charge in [-0.15, -0.1) is 0 Å². The zero-order valence-electron chi connectivity index (χ0n) is 24.4. The van der Waals surface area contributed by atoms with Gasteiger partial charge in [-0.3, -0.25) is 4.90 Å². The van der Waals surface area contributed by atoms with Crippen LogP contribution in [0.2, 0.25) is 0 Å². The van der Waals surface area contributed by atoms with Gasteiger partial charge in [0.15, 0.2) is 11.5 Å². The second kappa shape index (κ2) is 8.11. The number of piperidine rings is 1. The standard InChI is InChI=1S/C32H49NO4/c1-9-28(4,5)29(6,34)24-18-30-14-15-32(24,36-8)27-31(30,16-17-33(21(30)3)19-22-11-12-22)25-20(2)10-13-23(35-7)26(25)37-27/h10,13,21-22,24,27,34H,9,11-12,14-19H2,1-8H3/t21-,24-,27-,29+,30-,31+,32+/m1/s1. The third-order valence-electron chi connectivity index (χ3n) is 12.8. The van der Waals surface area contributed by atoms with Gasteiger partial charge in [0.05, 0.1) is 12.7 Å². The van der Waals surface area contributed by atoms with E-state index in [4.69, 9.17) is 14.2 Å². The highest BCUT2D eigenvalue weighted by Gasteiger charge is 2.81. The number of likely N-dealkylation sites (tertiary alicyclic amines) is 1. The first-order chi connectivity index (χ1) is 17.5. The molecule has 0 radical (unpaired) electrons. The highest BCUT2D eigenvalue weighted by molar-refractivity contribution is 5.61. The van der Waals surface area contributed by atoms with Crippen molar-refractivity contribution < 1.29 is 19.3 Å². The molecule has 7 rings (SSSR count). The highest BCUT2D eigenvalue weighted by Crippen LogP contribution is 2.76. The van der Waals surface area contributed by atoms with Crippen LogP contribution in [0.25, 0.3) is 0 Å². The third kappa shape index (κ3) is 3.03. The Balaban J connectivity index is 1.59. The maximum absolute atomic E-state index is 12.5. The lowest BCUT2D eigenvalue weighted by molar-refractivity contribution is -0.310. The first-order valence-electron chi connectivity index (χ1n) is 14.8. The Kier molecular flexibility index (Phi) is 5.69. The lowest BCUT2D eigenvalue weighted by Gasteiger charge is -2.74. The zero-order chi connectivity index (χ0) is 26.6. The Morgan fingerprint density at radius 2 is 1.86 bits per heavy atom. The molecule has 0 aromatic heterocycles. The number of aryl methyl sites for hydroxylation is 1. The van der Waals surface area contributed by atoms with Gasteiger partial charge in [0.25, 0.3) is 0 Å². The summed E-state index contributed by atoms with van der Waals surface area (Å²) < 4.78 is 19.8. The number of benzene rings is 1. The van der Waals surface area contributed by atoms with Crippen LogP contribution in [0, 0.1) is 29.6 Å². The second-order valence-corrected chi connectivity index (χ2v) is 14.1. The highest BCUT2D eigenvalue weighted by atomic mass is 16.6. The Bertz CT molecular complexity index is 1080. The molecule has 0 amide bonds. The molecule has 4 aliphatic carbocycles. The van der Waals surface area contributed by atoms with Gasteiger partial charge in [0.2, 0.25) is 0 Å². The van der Waals surface area contributed by atoms with Crippen molar-refractivity contribution in [3.63, 3.8) is 0 Å². The van der Waals surface area contributed by atoms with E-state index in [0.717, 1.165) is 56.1 Å². The summed E-state index contributed by atoms with van der Waals surface area (Å²) in [5.74, 6) is 2.60. The van der Waals surface area contributed by atoms with E-state index in [2.05, 4.69) is 58.6 Å². The summed E-state index contributed by atoms with van der Waals surface area (Å²) in [5, 5.41) is 12.5. The van der Waals surface area contributed by atoms with Gasteiger partial charge in [-0.2, -0.15) is 0 Å². The number of methoxy groups -OCH3 is 2. The van der Waals surface area contributed by atoms with E-state index in [-0.39, 0.29) is 28.3 Å². The van der Waals surface area contributed by atoms with Crippen LogP contribution < -0.4 is 9.47 Å². The summed E-state index contributed by atoms with van der Waals surface area (Å²) in [6.45, 7) is 15.8. The van der Waals surface area contributed by atoms with Crippen LogP contribution in [-0.2, 0) is 10.2 Å². The molecule has 1 aromatic rings. The molecule has 2 spiro atoms. The van der Waals surface area contributed by atoms with Crippen molar-refractivity contribution in [3.8, 4) is 11.5 Å². The maximum atomic E-state index is 12.5. The van der Waals surface area contributed by atoms with Crippen molar-refractivity contribution in [1.29, 1.82) is 0 Å². The lowest BCUT2D eigenvalue weighted by Crippen LogP contribution is -2.82. The van der Waals surface area contributed by atoms with E-state index >= 15 is 0 Å². The minimum Gasteiger partial charge on any atom is -0.493 e. The van der Waals surface area contributed by atoms with Crippen molar-refractivity contribution in [2.75, 3.05) is 27.3 Å². The number of aliphatic hydroxyl groups is 1. The molecular weight excluding hydrogens is 462 g/mol. The van der Waals surface area contributed by atoms with Crippen molar-refractivity contribution in [2.45, 2.75) is 115 Å². The summed E-state index contributed by atoms with van der Waals surface area (Å²) in [5.41, 5.74) is 0.841. The smallest absolute Gasteiger partial charge is 0.165 e. The minimum absolute atomic E-state index is 0.00589. The Labute approximate surface area is 224 Å². The van der Waals surface area contributed by atoms with E-state index in [0.29, 0.717) is 6.04 Å². The molecule has 37 heavy (non-hydrogen) atoms. The lowest BCUT2D eigenvalue weighted by atomic mass is 9.35. The minimum atomic E-state index is -0.896. The summed E-state index contributed by atoms with van der Waals surface area (Å²) in [4.78, 5) is 2.80. The quantitative estimate of drug-likeness (QED) is 0.496. The van der Waals surface area contributed by atoms with Gasteiger partial charge in [-0.1, -0.05) is 26.8 Å². The fourth-order valence-electron chi connectivity index (χ4n) is 9.68. The van der Waals surface area contributed by atoms with E-state index in [1.807, 2.05) is 7.11 Å². The molecule has 0 unspecified atom stereocenters. The fourth-order valence-corrected chi connectivity index (χ4v) is 9.68. The molecule has 4 saturated carbocycles. The van der Waals surface area contributed by atoms with Crippen LogP contribution in [0.1, 0.15) is 90.7 Å². The van der Waals surface area contributed by atoms with Gasteiger partial charge < -0.3 is 19.3 Å². The number of fused-ring (bicyclic) bond motifs is 3. The number of rotatable bonds is 7. The summed E-state index contributed by atoms with van der Waals surface area (Å²) >= 11 is 0. The molecule has 7 atom stereocenters. The monoisotopic (exact) mass is 511 g/mol. The second-order valence-electron chi connectivity index (χ2n) is 14.1. The van der Waals surface area contributed by atoms with E-state index < -0.39 is 11.2 Å². The van der Waals surface area contributed by atoms with E-state index in [1.165, 1.54) is 30.5 Å². The van der Waals surface area contributed by atoms with E-state index in [1.54, 1.807) is 7.11 Å². The molecule has 1 N–H and O–H groups in total. The number of hydrogen-bond acceptors (Lipinski definition) is 5. The third-order valence-corrected chi connectivity index (χ3v) is 12.8. The van der Waals surface area contributed by atoms with Crippen LogP contribution >= 0.6 is 0 Å². The molecule has 206 valence electrons. The first-order valence-corrected chi connectivity index (χ1v) is 14.8. The SMILES string of the molecule is CCC(C)(C)[C@@](C)(O)[C@H]1C[C@@]23CC[C@@]1(OC)[C@@H]1Oc4c(OC)ccc(C)c4[C@@]12CCN(CC1CC1)[C@@H]3C. The molecule has 2 aliphatic heterocycles. The fraction of sp³-hybridized carbons (Fsp3) is 0.812. The normalized spacial score (nSPS) is 40.4. The topological polar surface area (TPSA) is 51.2 Å². The predicted octanol–water partition coefficient (Wildman–Crippen LogP) is 5.88. The summed E-state index contributed by atoms with van der Waals surface area (Å²) in [7, 11) is 3.62. The molecule has 2 bridgehead atoms. The van der Waals surface area contributed by atoms with Crippen LogP contribution in [0.4, 0.5) is 0 Å². The van der Waals surface area contributed by atoms with Crippen LogP contribution in [0.15, 0.2) is 12.1 Å². The van der Waals surface area contributed by atoms with Crippen molar-refractivity contribution in [2.24, 2.45) is 22.7 Å². The number of hydrogen-bond donors (Lipinski definition) is 1. The summed E-state index contributed by atoms with van der Waals surface area (Å²) in [6, 6.07) is 4.71. The van der Waals surface area contributed by atoms with Crippen molar-refractivity contribution >= 4 is 0 Å². The zero-order valence-corrected chi connectivity index (χ0v) is 24.4. The largest absolute Gasteiger partial charge is 0.493 e. The maximum Gasteiger partial charge on any atom is 0.165 e. The van der Waals surface area contributed by atoms with Crippen molar-refractivity contribution in [3.05, 3.63) is 23.3 Å². The van der Waals surface area contributed by atoms with Gasteiger partial charge in [0, 0.05) is 36.6 Å². The predicted molar refractivity (Wildman–Crippen MR) is 146 cm³/mol. The number of nitrogens with zero attached hydrogens (tertiary/aromatic N) is 1. The molecule has 5 heteroatoms. The Morgan fingerprint density at radius 3 is 2.49 bits per heavy atom. The van der Waals surface area contributed by atoms with Crippen molar-refractivity contribution in [1.82, 2.24) is 4.90 Å². The Hall–Kier alpha value is -1.30. The average molecular weight is 512 g/mol. The van der Waals surface area contributed by atoms with Crippen LogP contribution in [0.3, 0.4) is 0 Å². The van der Waals surface area contributed by atoms with Gasteiger partial charge in [-0.05, 0) is 101 Å². The van der Waals surface area contributed by atoms with Gasteiger partial charge in [-0.25, -0.2) is 0 Å². The average Bonchev–Trinajstić information content (AvgIpc) is 3.63. The summed E-state index contributed by atoms with van der Waals surface area (Å²) in [6.07, 6.45) is 7.61. The molecular formula is C32H49NO4. The Morgan fingerprint density at radius 1 is 1.14 bits per heavy atom. The molecule has 1 saturated heterocycles. The van der Waals surface area contributed by atoms with Gasteiger partial charge >= 0.3 is 0 Å². The van der Waals surface area contributed by atoms with Crippen LogP contribution in [-0.4, -0.2) is 60.7 Å². The van der Waals surface area contributed by atoms with E-state index in [9.17, 15) is 5.11 Å².